The van der Waals surface area contributed by atoms with Crippen molar-refractivity contribution in [1.82, 2.24) is 0 Å². The van der Waals surface area contributed by atoms with Gasteiger partial charge >= 0.3 is 5.97 Å². The monoisotopic (exact) mass is 384 g/mol. The normalized spacial score (nSPS) is 12.4. The summed E-state index contributed by atoms with van der Waals surface area (Å²) in [6, 6.07) is 22.0. The highest BCUT2D eigenvalue weighted by Crippen LogP contribution is 2.34. The number of rotatable bonds is 7. The summed E-state index contributed by atoms with van der Waals surface area (Å²) in [7, 11) is 1.70. The van der Waals surface area contributed by atoms with E-state index >= 15 is 0 Å². The molecular formula is C26H24O3. The van der Waals surface area contributed by atoms with Gasteiger partial charge in [-0.05, 0) is 83.3 Å². The first kappa shape index (κ1) is 19.0. The van der Waals surface area contributed by atoms with Crippen molar-refractivity contribution >= 4 is 11.5 Å². The number of carboxylic acids is 1. The van der Waals surface area contributed by atoms with E-state index in [1.807, 2.05) is 24.3 Å². The number of hydrogen-bond donors (Lipinski definition) is 1. The molecule has 3 nitrogen and oxygen atoms in total. The van der Waals surface area contributed by atoms with Crippen LogP contribution in [0.1, 0.15) is 38.2 Å². The summed E-state index contributed by atoms with van der Waals surface area (Å²) < 4.78 is 5.37. The Bertz CT molecular complexity index is 1060. The predicted molar refractivity (Wildman–Crippen MR) is 116 cm³/mol. The number of carbonyl (C=O) groups is 1. The number of fused-ring (bicyclic) bond motifs is 1. The molecule has 1 N–H and O–H groups in total. The highest BCUT2D eigenvalue weighted by atomic mass is 16.5. The fourth-order valence-corrected chi connectivity index (χ4v) is 4.04. The molecule has 0 radical (unpaired) electrons. The maximum atomic E-state index is 11.0. The van der Waals surface area contributed by atoms with Gasteiger partial charge in [-0.15, -0.1) is 0 Å². The molecule has 0 saturated heterocycles. The zero-order valence-electron chi connectivity index (χ0n) is 16.5. The Balaban J connectivity index is 1.52. The maximum Gasteiger partial charge on any atom is 0.335 e. The number of carboxylic acid groups (broad SMARTS) is 1. The van der Waals surface area contributed by atoms with Crippen LogP contribution in [0, 0.1) is 0 Å². The summed E-state index contributed by atoms with van der Waals surface area (Å²) in [5.41, 5.74) is 8.25. The van der Waals surface area contributed by atoms with Gasteiger partial charge in [-0.25, -0.2) is 4.79 Å². The molecule has 0 amide bonds. The maximum absolute atomic E-state index is 11.0. The molecule has 3 aromatic carbocycles. The fourth-order valence-electron chi connectivity index (χ4n) is 4.04. The number of benzene rings is 3. The van der Waals surface area contributed by atoms with Crippen LogP contribution in [0.3, 0.4) is 0 Å². The summed E-state index contributed by atoms with van der Waals surface area (Å²) in [5.74, 6) is 0.00386. The van der Waals surface area contributed by atoms with Crippen molar-refractivity contribution in [3.63, 3.8) is 0 Å². The molecule has 0 unspecified atom stereocenters. The van der Waals surface area contributed by atoms with Gasteiger partial charge in [0.15, 0.2) is 0 Å². The van der Waals surface area contributed by atoms with Gasteiger partial charge in [0.1, 0.15) is 5.75 Å². The minimum absolute atomic E-state index is 0.331. The second kappa shape index (κ2) is 8.36. The van der Waals surface area contributed by atoms with E-state index in [0.717, 1.165) is 37.0 Å². The lowest BCUT2D eigenvalue weighted by Crippen LogP contribution is -2.00. The van der Waals surface area contributed by atoms with Gasteiger partial charge in [-0.1, -0.05) is 48.5 Å². The lowest BCUT2D eigenvalue weighted by molar-refractivity contribution is 0.0697. The molecule has 3 heteroatoms. The third kappa shape index (κ3) is 4.24. The van der Waals surface area contributed by atoms with Crippen molar-refractivity contribution in [2.75, 3.05) is 7.11 Å². The van der Waals surface area contributed by atoms with Crippen LogP contribution < -0.4 is 4.74 Å². The van der Waals surface area contributed by atoms with Crippen molar-refractivity contribution in [3.8, 4) is 5.75 Å². The second-order valence-electron chi connectivity index (χ2n) is 7.42. The van der Waals surface area contributed by atoms with E-state index in [9.17, 15) is 4.79 Å². The van der Waals surface area contributed by atoms with E-state index in [0.29, 0.717) is 5.56 Å². The van der Waals surface area contributed by atoms with Crippen LogP contribution in [0.2, 0.25) is 0 Å². The number of methoxy groups -OCH3 is 1. The van der Waals surface area contributed by atoms with Crippen LogP contribution in [0.25, 0.3) is 5.57 Å². The molecule has 0 atom stereocenters. The molecule has 0 heterocycles. The third-order valence-electron chi connectivity index (χ3n) is 5.54. The minimum atomic E-state index is -0.884. The first-order valence-corrected chi connectivity index (χ1v) is 9.89. The molecule has 4 rings (SSSR count). The van der Waals surface area contributed by atoms with Crippen molar-refractivity contribution in [2.45, 2.75) is 25.7 Å². The number of ether oxygens (including phenoxy) is 1. The Hall–Kier alpha value is -3.33. The van der Waals surface area contributed by atoms with Gasteiger partial charge in [0.2, 0.25) is 0 Å². The third-order valence-corrected chi connectivity index (χ3v) is 5.54. The van der Waals surface area contributed by atoms with Crippen molar-refractivity contribution in [3.05, 3.63) is 106 Å². The van der Waals surface area contributed by atoms with Gasteiger partial charge in [0.05, 0.1) is 12.7 Å². The lowest BCUT2D eigenvalue weighted by atomic mass is 9.91. The zero-order valence-corrected chi connectivity index (χ0v) is 16.5. The molecule has 0 aromatic heterocycles. The molecule has 0 saturated carbocycles. The Kier molecular flexibility index (Phi) is 5.48. The summed E-state index contributed by atoms with van der Waals surface area (Å²) in [5, 5.41) is 9.06. The second-order valence-corrected chi connectivity index (χ2v) is 7.42. The quantitative estimate of drug-likeness (QED) is 0.596. The van der Waals surface area contributed by atoms with Crippen LogP contribution in [0.5, 0.6) is 5.75 Å². The Labute approximate surface area is 171 Å². The van der Waals surface area contributed by atoms with E-state index in [4.69, 9.17) is 9.84 Å². The average Bonchev–Trinajstić information content (AvgIpc) is 3.16. The van der Waals surface area contributed by atoms with Gasteiger partial charge in [-0.3, -0.25) is 0 Å². The highest BCUT2D eigenvalue weighted by molar-refractivity contribution is 5.87. The molecule has 0 fully saturated rings. The number of allylic oxidation sites excluding steroid dienone is 2. The molecule has 1 aliphatic rings. The molecule has 0 bridgehead atoms. The molecular weight excluding hydrogens is 360 g/mol. The molecule has 29 heavy (non-hydrogen) atoms. The molecule has 0 spiro atoms. The lowest BCUT2D eigenvalue weighted by Gasteiger charge is -2.13. The van der Waals surface area contributed by atoms with Crippen molar-refractivity contribution in [2.24, 2.45) is 0 Å². The summed E-state index contributed by atoms with van der Waals surface area (Å²) in [4.78, 5) is 11.0. The SMILES string of the molecule is COc1cccc(CC2=CCc3cccc(CCc4ccc(C(=O)O)cc4)c32)c1. The number of aryl methyl sites for hydroxylation is 2. The first-order chi connectivity index (χ1) is 14.1. The van der Waals surface area contributed by atoms with Gasteiger partial charge in [-0.2, -0.15) is 0 Å². The van der Waals surface area contributed by atoms with Gasteiger partial charge in [0, 0.05) is 0 Å². The van der Waals surface area contributed by atoms with Crippen molar-refractivity contribution in [1.29, 1.82) is 0 Å². The fraction of sp³-hybridized carbons (Fsp3) is 0.192. The van der Waals surface area contributed by atoms with E-state index in [1.165, 1.54) is 27.8 Å². The average molecular weight is 384 g/mol. The smallest absolute Gasteiger partial charge is 0.335 e. The number of hydrogen-bond acceptors (Lipinski definition) is 2. The van der Waals surface area contributed by atoms with Gasteiger partial charge < -0.3 is 9.84 Å². The summed E-state index contributed by atoms with van der Waals surface area (Å²) in [6.07, 6.45) is 6.05. The molecule has 146 valence electrons. The minimum Gasteiger partial charge on any atom is -0.497 e. The Morgan fingerprint density at radius 1 is 0.966 bits per heavy atom. The zero-order chi connectivity index (χ0) is 20.2. The predicted octanol–water partition coefficient (Wildman–Crippen LogP) is 5.36. The Morgan fingerprint density at radius 2 is 1.76 bits per heavy atom. The molecule has 3 aromatic rings. The van der Waals surface area contributed by atoms with Crippen molar-refractivity contribution < 1.29 is 14.6 Å². The van der Waals surface area contributed by atoms with Crippen LogP contribution in [0.4, 0.5) is 0 Å². The largest absolute Gasteiger partial charge is 0.497 e. The molecule has 0 aliphatic heterocycles. The Morgan fingerprint density at radius 3 is 2.52 bits per heavy atom. The van der Waals surface area contributed by atoms with Crippen LogP contribution in [0.15, 0.2) is 72.8 Å². The standard InChI is InChI=1S/C26H24O3/c1-29-24-7-2-4-19(17-24)16-23-15-14-21-6-3-5-20(25(21)23)11-8-18-9-12-22(13-10-18)26(27)28/h2-7,9-10,12-13,15,17H,8,11,14,16H2,1H3,(H,27,28). The topological polar surface area (TPSA) is 46.5 Å². The highest BCUT2D eigenvalue weighted by Gasteiger charge is 2.18. The van der Waals surface area contributed by atoms with E-state index in [-0.39, 0.29) is 0 Å². The van der Waals surface area contributed by atoms with E-state index in [1.54, 1.807) is 19.2 Å². The van der Waals surface area contributed by atoms with Crippen LogP contribution in [-0.2, 0) is 25.7 Å². The van der Waals surface area contributed by atoms with Gasteiger partial charge in [0.25, 0.3) is 0 Å². The number of aromatic carboxylic acids is 1. The van der Waals surface area contributed by atoms with Crippen LogP contribution >= 0.6 is 0 Å². The van der Waals surface area contributed by atoms with Crippen LogP contribution in [-0.4, -0.2) is 18.2 Å². The van der Waals surface area contributed by atoms with E-state index in [2.05, 4.69) is 36.4 Å². The van der Waals surface area contributed by atoms with E-state index < -0.39 is 5.97 Å². The molecule has 1 aliphatic carbocycles. The first-order valence-electron chi connectivity index (χ1n) is 9.89. The summed E-state index contributed by atoms with van der Waals surface area (Å²) >= 11 is 0. The summed E-state index contributed by atoms with van der Waals surface area (Å²) in [6.45, 7) is 0.